The summed E-state index contributed by atoms with van der Waals surface area (Å²) in [6.45, 7) is 8.05. The molecule has 5 nitrogen and oxygen atoms in total. The van der Waals surface area contributed by atoms with Crippen LogP contribution in [-0.4, -0.2) is 20.7 Å². The van der Waals surface area contributed by atoms with Crippen LogP contribution in [-0.2, 0) is 0 Å². The zero-order valence-corrected chi connectivity index (χ0v) is 19.5. The molecule has 1 aromatic heterocycles. The highest BCUT2D eigenvalue weighted by molar-refractivity contribution is 9.10. The number of hydrogen-bond acceptors (Lipinski definition) is 3. The lowest BCUT2D eigenvalue weighted by molar-refractivity contribution is 0.101. The Kier molecular flexibility index (Phi) is 5.74. The van der Waals surface area contributed by atoms with Crippen LogP contribution in [0.25, 0.3) is 17.1 Å². The van der Waals surface area contributed by atoms with Crippen LogP contribution in [0.5, 0.6) is 0 Å². The molecule has 156 valence electrons. The minimum atomic E-state index is -0.345. The third-order valence-electron chi connectivity index (χ3n) is 5.15. The number of carbonyl (C=O) groups excluding carboxylic acids is 1. The third-order valence-corrected chi connectivity index (χ3v) is 5.64. The fourth-order valence-electron chi connectivity index (χ4n) is 3.36. The summed E-state index contributed by atoms with van der Waals surface area (Å²) in [6.07, 6.45) is 0. The van der Waals surface area contributed by atoms with Crippen molar-refractivity contribution < 1.29 is 4.79 Å². The van der Waals surface area contributed by atoms with E-state index in [0.717, 1.165) is 43.7 Å². The van der Waals surface area contributed by atoms with Gasteiger partial charge in [-0.3, -0.25) is 4.79 Å². The van der Waals surface area contributed by atoms with Gasteiger partial charge in [0.25, 0.3) is 5.91 Å². The summed E-state index contributed by atoms with van der Waals surface area (Å²) in [6, 6.07) is 19.9. The van der Waals surface area contributed by atoms with Gasteiger partial charge in [0.05, 0.1) is 5.69 Å². The van der Waals surface area contributed by atoms with Gasteiger partial charge in [0.2, 0.25) is 5.82 Å². The molecular formula is C25H23BrN4O. The number of aryl methyl sites for hydroxylation is 4. The van der Waals surface area contributed by atoms with Crippen molar-refractivity contribution in [1.82, 2.24) is 14.8 Å². The van der Waals surface area contributed by atoms with Gasteiger partial charge in [0.15, 0.2) is 5.82 Å². The fourth-order valence-corrected chi connectivity index (χ4v) is 3.83. The molecule has 0 aliphatic carbocycles. The van der Waals surface area contributed by atoms with Gasteiger partial charge in [0.1, 0.15) is 0 Å². The van der Waals surface area contributed by atoms with E-state index in [4.69, 9.17) is 0 Å². The Labute approximate surface area is 190 Å². The minimum absolute atomic E-state index is 0.124. The van der Waals surface area contributed by atoms with Gasteiger partial charge in [0, 0.05) is 15.7 Å². The Morgan fingerprint density at radius 1 is 0.871 bits per heavy atom. The molecule has 0 spiro atoms. The average Bonchev–Trinajstić information content (AvgIpc) is 3.18. The lowest BCUT2D eigenvalue weighted by Crippen LogP contribution is -2.15. The second-order valence-electron chi connectivity index (χ2n) is 7.74. The van der Waals surface area contributed by atoms with Gasteiger partial charge < -0.3 is 5.32 Å². The average molecular weight is 475 g/mol. The predicted octanol–water partition coefficient (Wildman–Crippen LogP) is 6.18. The van der Waals surface area contributed by atoms with Crippen molar-refractivity contribution in [1.29, 1.82) is 0 Å². The number of nitrogens with zero attached hydrogens (tertiary/aromatic N) is 3. The van der Waals surface area contributed by atoms with E-state index < -0.39 is 0 Å². The van der Waals surface area contributed by atoms with E-state index in [9.17, 15) is 4.79 Å². The summed E-state index contributed by atoms with van der Waals surface area (Å²) in [4.78, 5) is 17.7. The molecule has 0 fully saturated rings. The first kappa shape index (κ1) is 21.0. The van der Waals surface area contributed by atoms with Crippen molar-refractivity contribution in [2.24, 2.45) is 0 Å². The molecule has 0 aliphatic rings. The van der Waals surface area contributed by atoms with Crippen molar-refractivity contribution in [3.05, 3.63) is 93.2 Å². The van der Waals surface area contributed by atoms with Crippen LogP contribution in [0, 0.1) is 27.7 Å². The summed E-state index contributed by atoms with van der Waals surface area (Å²) >= 11 is 3.45. The predicted molar refractivity (Wildman–Crippen MR) is 128 cm³/mol. The van der Waals surface area contributed by atoms with E-state index in [-0.39, 0.29) is 11.7 Å². The highest BCUT2D eigenvalue weighted by atomic mass is 79.9. The molecule has 0 bridgehead atoms. The zero-order chi connectivity index (χ0) is 22.1. The monoisotopic (exact) mass is 474 g/mol. The highest BCUT2D eigenvalue weighted by Crippen LogP contribution is 2.25. The van der Waals surface area contributed by atoms with Crippen molar-refractivity contribution in [2.45, 2.75) is 27.7 Å². The molecule has 31 heavy (non-hydrogen) atoms. The van der Waals surface area contributed by atoms with Gasteiger partial charge in [-0.15, -0.1) is 5.10 Å². The van der Waals surface area contributed by atoms with Gasteiger partial charge in [-0.25, -0.2) is 9.67 Å². The second-order valence-corrected chi connectivity index (χ2v) is 8.66. The summed E-state index contributed by atoms with van der Waals surface area (Å²) in [5, 5.41) is 7.54. The Hall–Kier alpha value is -3.25. The summed E-state index contributed by atoms with van der Waals surface area (Å²) in [5.41, 5.74) is 6.82. The maximum atomic E-state index is 13.0. The van der Waals surface area contributed by atoms with Crippen LogP contribution in [0.4, 0.5) is 5.69 Å². The normalized spacial score (nSPS) is 10.9. The molecule has 0 atom stereocenters. The number of anilines is 1. The van der Waals surface area contributed by atoms with Crippen molar-refractivity contribution in [3.63, 3.8) is 0 Å². The third kappa shape index (κ3) is 4.44. The molecule has 1 heterocycles. The molecule has 6 heteroatoms. The molecule has 0 unspecified atom stereocenters. The molecule has 3 aromatic carbocycles. The molecule has 0 saturated carbocycles. The van der Waals surface area contributed by atoms with Crippen molar-refractivity contribution in [3.8, 4) is 17.1 Å². The second kappa shape index (κ2) is 8.47. The lowest BCUT2D eigenvalue weighted by atomic mass is 10.1. The topological polar surface area (TPSA) is 59.8 Å². The quantitative estimate of drug-likeness (QED) is 0.383. The maximum Gasteiger partial charge on any atom is 0.295 e. The van der Waals surface area contributed by atoms with Crippen molar-refractivity contribution in [2.75, 3.05) is 5.32 Å². The fraction of sp³-hybridized carbons (Fsp3) is 0.160. The first-order chi connectivity index (χ1) is 14.8. The highest BCUT2D eigenvalue weighted by Gasteiger charge is 2.20. The summed E-state index contributed by atoms with van der Waals surface area (Å²) in [7, 11) is 0. The Bertz CT molecular complexity index is 1280. The Morgan fingerprint density at radius 3 is 2.29 bits per heavy atom. The molecule has 1 N–H and O–H groups in total. The maximum absolute atomic E-state index is 13.0. The molecular weight excluding hydrogens is 452 g/mol. The van der Waals surface area contributed by atoms with Crippen LogP contribution in [0.3, 0.4) is 0 Å². The van der Waals surface area contributed by atoms with Crippen LogP contribution >= 0.6 is 15.9 Å². The van der Waals surface area contributed by atoms with E-state index in [0.29, 0.717) is 5.82 Å². The standard InChI is InChI=1S/C25H23BrN4O/c1-15-6-9-19(10-7-15)24-28-23(25(31)27-21-12-11-20(26)14-18(21)4)29-30(24)22-13-16(2)5-8-17(22)3/h5-14H,1-4H3,(H,27,31). The summed E-state index contributed by atoms with van der Waals surface area (Å²) < 4.78 is 2.72. The minimum Gasteiger partial charge on any atom is -0.319 e. The molecule has 0 aliphatic heterocycles. The smallest absolute Gasteiger partial charge is 0.295 e. The van der Waals surface area contributed by atoms with Crippen LogP contribution in [0.1, 0.15) is 32.9 Å². The van der Waals surface area contributed by atoms with Crippen LogP contribution < -0.4 is 5.32 Å². The van der Waals surface area contributed by atoms with Gasteiger partial charge >= 0.3 is 0 Å². The Morgan fingerprint density at radius 2 is 1.58 bits per heavy atom. The Balaban J connectivity index is 1.80. The van der Waals surface area contributed by atoms with E-state index in [1.165, 1.54) is 0 Å². The van der Waals surface area contributed by atoms with Gasteiger partial charge in [-0.2, -0.15) is 0 Å². The number of rotatable bonds is 4. The van der Waals surface area contributed by atoms with E-state index in [1.807, 2.05) is 70.2 Å². The van der Waals surface area contributed by atoms with Crippen molar-refractivity contribution >= 4 is 27.5 Å². The number of amides is 1. The van der Waals surface area contributed by atoms with E-state index in [1.54, 1.807) is 4.68 Å². The van der Waals surface area contributed by atoms with Crippen LogP contribution in [0.2, 0.25) is 0 Å². The molecule has 0 radical (unpaired) electrons. The SMILES string of the molecule is Cc1ccc(-c2nc(C(=O)Nc3ccc(Br)cc3C)nn2-c2cc(C)ccc2C)cc1. The molecule has 4 rings (SSSR count). The largest absolute Gasteiger partial charge is 0.319 e. The van der Waals surface area contributed by atoms with Gasteiger partial charge in [-0.1, -0.05) is 57.9 Å². The molecule has 1 amide bonds. The number of benzene rings is 3. The zero-order valence-electron chi connectivity index (χ0n) is 17.9. The number of halogens is 1. The van der Waals surface area contributed by atoms with E-state index in [2.05, 4.69) is 49.5 Å². The number of hydrogen-bond donors (Lipinski definition) is 1. The van der Waals surface area contributed by atoms with E-state index >= 15 is 0 Å². The summed E-state index contributed by atoms with van der Waals surface area (Å²) in [5.74, 6) is 0.410. The number of carbonyl (C=O) groups is 1. The lowest BCUT2D eigenvalue weighted by Gasteiger charge is -2.10. The first-order valence-corrected chi connectivity index (χ1v) is 10.8. The molecule has 4 aromatic rings. The molecule has 0 saturated heterocycles. The number of nitrogens with one attached hydrogen (secondary N) is 1. The first-order valence-electron chi connectivity index (χ1n) is 10.0. The number of aromatic nitrogens is 3. The van der Waals surface area contributed by atoms with Crippen LogP contribution in [0.15, 0.2) is 65.1 Å². The van der Waals surface area contributed by atoms with Gasteiger partial charge in [-0.05, 0) is 68.7 Å².